The van der Waals surface area contributed by atoms with E-state index in [1.54, 1.807) is 12.1 Å². The summed E-state index contributed by atoms with van der Waals surface area (Å²) in [4.78, 5) is 27.2. The molecule has 0 spiro atoms. The number of anilines is 2. The van der Waals surface area contributed by atoms with Crippen LogP contribution in [0.5, 0.6) is 0 Å². The maximum atomic E-state index is 12.3. The number of para-hydroxylation sites is 2. The number of urea groups is 1. The van der Waals surface area contributed by atoms with Crippen LogP contribution >= 0.6 is 0 Å². The SMILES string of the molecule is O=C(Nc1ccccc1)Nc1n[nH]c2c1c(=O)[nH]c1ccccc12. The molecule has 0 unspecified atom stereocenters. The zero-order valence-corrected chi connectivity index (χ0v) is 12.5. The van der Waals surface area contributed by atoms with Crippen LogP contribution in [0.25, 0.3) is 21.8 Å². The lowest BCUT2D eigenvalue weighted by atomic mass is 10.1. The van der Waals surface area contributed by atoms with Gasteiger partial charge in [0.05, 0.1) is 11.0 Å². The number of nitrogens with zero attached hydrogens (tertiary/aromatic N) is 1. The second kappa shape index (κ2) is 5.54. The normalized spacial score (nSPS) is 10.8. The monoisotopic (exact) mass is 319 g/mol. The van der Waals surface area contributed by atoms with Crippen LogP contribution in [0.4, 0.5) is 16.3 Å². The lowest BCUT2D eigenvalue weighted by molar-refractivity contribution is 0.262. The molecule has 7 nitrogen and oxygen atoms in total. The number of carbonyl (C=O) groups excluding carboxylic acids is 1. The molecule has 118 valence electrons. The van der Waals surface area contributed by atoms with Gasteiger partial charge in [0.25, 0.3) is 5.56 Å². The van der Waals surface area contributed by atoms with Crippen LogP contribution in [0.1, 0.15) is 0 Å². The van der Waals surface area contributed by atoms with E-state index in [4.69, 9.17) is 0 Å². The number of aromatic amines is 2. The number of benzene rings is 2. The number of rotatable bonds is 2. The van der Waals surface area contributed by atoms with Crippen LogP contribution in [-0.2, 0) is 0 Å². The Balaban J connectivity index is 1.71. The van der Waals surface area contributed by atoms with Gasteiger partial charge in [0.1, 0.15) is 5.39 Å². The highest BCUT2D eigenvalue weighted by Gasteiger charge is 2.15. The molecule has 4 N–H and O–H groups in total. The highest BCUT2D eigenvalue weighted by atomic mass is 16.2. The minimum atomic E-state index is -0.470. The van der Waals surface area contributed by atoms with E-state index in [9.17, 15) is 9.59 Å². The molecule has 0 fully saturated rings. The predicted molar refractivity (Wildman–Crippen MR) is 93.3 cm³/mol. The van der Waals surface area contributed by atoms with Crippen LogP contribution in [0.15, 0.2) is 59.4 Å². The molecule has 2 aromatic heterocycles. The summed E-state index contributed by atoms with van der Waals surface area (Å²) in [6, 6.07) is 15.9. The quantitative estimate of drug-likeness (QED) is 0.456. The van der Waals surface area contributed by atoms with Crippen molar-refractivity contribution in [2.45, 2.75) is 0 Å². The van der Waals surface area contributed by atoms with Gasteiger partial charge in [-0.15, -0.1) is 0 Å². The van der Waals surface area contributed by atoms with Gasteiger partial charge in [-0.25, -0.2) is 4.79 Å². The van der Waals surface area contributed by atoms with E-state index in [0.717, 1.165) is 5.39 Å². The van der Waals surface area contributed by atoms with Gasteiger partial charge in [0, 0.05) is 11.1 Å². The summed E-state index contributed by atoms with van der Waals surface area (Å²) in [6.45, 7) is 0. The molecule has 0 saturated carbocycles. The number of nitrogens with one attached hydrogen (secondary N) is 4. The number of H-pyrrole nitrogens is 2. The van der Waals surface area contributed by atoms with Gasteiger partial charge in [-0.3, -0.25) is 15.2 Å². The molecule has 2 amide bonds. The molecule has 2 aromatic carbocycles. The molecule has 0 bridgehead atoms. The number of aromatic nitrogens is 3. The fraction of sp³-hybridized carbons (Fsp3) is 0. The third-order valence-electron chi connectivity index (χ3n) is 3.70. The van der Waals surface area contributed by atoms with Gasteiger partial charge in [-0.2, -0.15) is 5.10 Å². The number of pyridine rings is 1. The Hall–Kier alpha value is -3.61. The molecule has 0 aliphatic carbocycles. The van der Waals surface area contributed by atoms with Crippen molar-refractivity contribution in [3.05, 3.63) is 65.0 Å². The van der Waals surface area contributed by atoms with Crippen molar-refractivity contribution in [3.8, 4) is 0 Å². The summed E-state index contributed by atoms with van der Waals surface area (Å²) in [6.07, 6.45) is 0. The zero-order chi connectivity index (χ0) is 16.5. The van der Waals surface area contributed by atoms with Crippen LogP contribution in [0.3, 0.4) is 0 Å². The Morgan fingerprint density at radius 2 is 1.71 bits per heavy atom. The standard InChI is InChI=1S/C17H13N5O2/c23-16-13-14(11-8-4-5-9-12(11)19-16)21-22-15(13)20-17(24)18-10-6-2-1-3-7-10/h1-9H,(H,19,23)(H3,18,20,21,22,24). The van der Waals surface area contributed by atoms with Gasteiger partial charge >= 0.3 is 6.03 Å². The third kappa shape index (κ3) is 2.38. The van der Waals surface area contributed by atoms with Crippen molar-refractivity contribution >= 4 is 39.3 Å². The first-order chi connectivity index (χ1) is 11.7. The summed E-state index contributed by atoms with van der Waals surface area (Å²) in [7, 11) is 0. The first-order valence-electron chi connectivity index (χ1n) is 7.34. The molecule has 0 atom stereocenters. The van der Waals surface area contributed by atoms with Crippen LogP contribution in [-0.4, -0.2) is 21.2 Å². The minimum Gasteiger partial charge on any atom is -0.321 e. The fourth-order valence-electron chi connectivity index (χ4n) is 2.63. The number of hydrogen-bond donors (Lipinski definition) is 4. The lowest BCUT2D eigenvalue weighted by Gasteiger charge is -2.05. The second-order valence-electron chi connectivity index (χ2n) is 5.27. The fourth-order valence-corrected chi connectivity index (χ4v) is 2.63. The molecule has 0 saturated heterocycles. The van der Waals surface area contributed by atoms with Crippen molar-refractivity contribution in [3.63, 3.8) is 0 Å². The van der Waals surface area contributed by atoms with Crippen molar-refractivity contribution in [2.24, 2.45) is 0 Å². The van der Waals surface area contributed by atoms with E-state index < -0.39 is 6.03 Å². The molecule has 7 heteroatoms. The maximum absolute atomic E-state index is 12.3. The Kier molecular flexibility index (Phi) is 3.24. The van der Waals surface area contributed by atoms with E-state index in [1.165, 1.54) is 0 Å². The number of amides is 2. The first-order valence-corrected chi connectivity index (χ1v) is 7.34. The van der Waals surface area contributed by atoms with Crippen molar-refractivity contribution in [1.29, 1.82) is 0 Å². The lowest BCUT2D eigenvalue weighted by Crippen LogP contribution is -2.20. The molecule has 24 heavy (non-hydrogen) atoms. The van der Waals surface area contributed by atoms with Gasteiger partial charge in [-0.1, -0.05) is 36.4 Å². The molecule has 2 heterocycles. The van der Waals surface area contributed by atoms with Crippen LogP contribution in [0.2, 0.25) is 0 Å². The van der Waals surface area contributed by atoms with Crippen LogP contribution in [0, 0.1) is 0 Å². The molecular weight excluding hydrogens is 306 g/mol. The first kappa shape index (κ1) is 14.0. The Morgan fingerprint density at radius 1 is 0.958 bits per heavy atom. The van der Waals surface area contributed by atoms with Gasteiger partial charge < -0.3 is 10.3 Å². The van der Waals surface area contributed by atoms with Crippen molar-refractivity contribution in [2.75, 3.05) is 10.6 Å². The molecule has 0 aliphatic heterocycles. The Morgan fingerprint density at radius 3 is 2.54 bits per heavy atom. The average molecular weight is 319 g/mol. The van der Waals surface area contributed by atoms with Gasteiger partial charge in [0.2, 0.25) is 0 Å². The largest absolute Gasteiger partial charge is 0.324 e. The topological polar surface area (TPSA) is 103 Å². The minimum absolute atomic E-state index is 0.186. The summed E-state index contributed by atoms with van der Waals surface area (Å²) in [5.41, 5.74) is 1.63. The maximum Gasteiger partial charge on any atom is 0.324 e. The highest BCUT2D eigenvalue weighted by molar-refractivity contribution is 6.10. The summed E-state index contributed by atoms with van der Waals surface area (Å²) < 4.78 is 0. The Bertz CT molecular complexity index is 1100. The zero-order valence-electron chi connectivity index (χ0n) is 12.5. The Labute approximate surface area is 135 Å². The van der Waals surface area contributed by atoms with Gasteiger partial charge in [0.15, 0.2) is 5.82 Å². The third-order valence-corrected chi connectivity index (χ3v) is 3.70. The molecule has 0 radical (unpaired) electrons. The molecule has 0 aliphatic rings. The van der Waals surface area contributed by atoms with E-state index in [-0.39, 0.29) is 11.4 Å². The van der Waals surface area contributed by atoms with Crippen molar-refractivity contribution in [1.82, 2.24) is 15.2 Å². The molecule has 4 rings (SSSR count). The van der Waals surface area contributed by atoms with E-state index in [1.807, 2.05) is 42.5 Å². The van der Waals surface area contributed by atoms with E-state index >= 15 is 0 Å². The molecular formula is C17H13N5O2. The summed E-state index contributed by atoms with van der Waals surface area (Å²) in [5, 5.41) is 13.3. The van der Waals surface area contributed by atoms with Crippen LogP contribution < -0.4 is 16.2 Å². The van der Waals surface area contributed by atoms with E-state index in [2.05, 4.69) is 25.8 Å². The highest BCUT2D eigenvalue weighted by Crippen LogP contribution is 2.23. The second-order valence-corrected chi connectivity index (χ2v) is 5.27. The van der Waals surface area contributed by atoms with E-state index in [0.29, 0.717) is 22.1 Å². The van der Waals surface area contributed by atoms with Gasteiger partial charge in [-0.05, 0) is 18.2 Å². The average Bonchev–Trinajstić information content (AvgIpc) is 3.00. The number of hydrogen-bond acceptors (Lipinski definition) is 3. The smallest absolute Gasteiger partial charge is 0.321 e. The number of fused-ring (bicyclic) bond motifs is 3. The summed E-state index contributed by atoms with van der Waals surface area (Å²) in [5.74, 6) is 0.186. The number of carbonyl (C=O) groups is 1. The van der Waals surface area contributed by atoms with Crippen molar-refractivity contribution < 1.29 is 4.79 Å². The summed E-state index contributed by atoms with van der Waals surface area (Å²) >= 11 is 0. The molecule has 4 aromatic rings. The predicted octanol–water partition coefficient (Wildman–Crippen LogP) is 3.05.